The summed E-state index contributed by atoms with van der Waals surface area (Å²) in [4.78, 5) is 8.16. The first kappa shape index (κ1) is 11.0. The first-order valence-corrected chi connectivity index (χ1v) is 5.72. The molecule has 0 aliphatic heterocycles. The van der Waals surface area contributed by atoms with Crippen molar-refractivity contribution in [2.75, 3.05) is 0 Å². The molecule has 2 aromatic rings. The Labute approximate surface area is 105 Å². The van der Waals surface area contributed by atoms with Gasteiger partial charge in [-0.05, 0) is 48.0 Å². The summed E-state index contributed by atoms with van der Waals surface area (Å²) < 4.78 is 2.38. The highest BCUT2D eigenvalue weighted by Crippen LogP contribution is 2.20. The zero-order valence-corrected chi connectivity index (χ0v) is 11.0. The smallest absolute Gasteiger partial charge is 0.227 e. The summed E-state index contributed by atoms with van der Waals surface area (Å²) in [5, 5.41) is 13.8. The second kappa shape index (κ2) is 3.84. The van der Waals surface area contributed by atoms with Gasteiger partial charge in [-0.2, -0.15) is 14.6 Å². The van der Waals surface area contributed by atoms with Crippen LogP contribution in [0.3, 0.4) is 0 Å². The average molecular weight is 339 g/mol. The van der Waals surface area contributed by atoms with E-state index in [4.69, 9.17) is 11.6 Å². The largest absolute Gasteiger partial charge is 0.385 e. The average Bonchev–Trinajstić information content (AvgIpc) is 2.45. The number of halogens is 2. The summed E-state index contributed by atoms with van der Waals surface area (Å²) in [5.74, 6) is 0.310. The molecule has 2 rings (SSSR count). The normalized spacial score (nSPS) is 13.4. The number of aromatic nitrogens is 4. The van der Waals surface area contributed by atoms with Crippen LogP contribution in [0.1, 0.15) is 24.5 Å². The van der Waals surface area contributed by atoms with Crippen LogP contribution in [0.5, 0.6) is 0 Å². The third-order valence-corrected chi connectivity index (χ3v) is 3.45. The lowest BCUT2D eigenvalue weighted by molar-refractivity contribution is 0.189. The van der Waals surface area contributed by atoms with Crippen LogP contribution in [0.15, 0.2) is 0 Å². The van der Waals surface area contributed by atoms with Gasteiger partial charge in [0.2, 0.25) is 5.28 Å². The summed E-state index contributed by atoms with van der Waals surface area (Å²) >= 11 is 8.07. The van der Waals surface area contributed by atoms with E-state index in [9.17, 15) is 5.11 Å². The molecule has 0 bridgehead atoms. The minimum absolute atomic E-state index is 0.210. The number of fused-ring (bicyclic) bond motifs is 1. The van der Waals surface area contributed by atoms with E-state index in [1.807, 2.05) is 6.92 Å². The van der Waals surface area contributed by atoms with Gasteiger partial charge in [-0.3, -0.25) is 0 Å². The number of aryl methyl sites for hydroxylation is 1. The van der Waals surface area contributed by atoms with Crippen molar-refractivity contribution in [2.24, 2.45) is 0 Å². The summed E-state index contributed by atoms with van der Waals surface area (Å²) in [7, 11) is 0. The highest BCUT2D eigenvalue weighted by molar-refractivity contribution is 14.1. The van der Waals surface area contributed by atoms with Crippen molar-refractivity contribution in [2.45, 2.75) is 20.0 Å². The van der Waals surface area contributed by atoms with Gasteiger partial charge in [0.1, 0.15) is 6.10 Å². The van der Waals surface area contributed by atoms with E-state index in [1.54, 1.807) is 6.92 Å². The molecule has 0 aliphatic rings. The van der Waals surface area contributed by atoms with Crippen LogP contribution in [0.25, 0.3) is 5.65 Å². The van der Waals surface area contributed by atoms with Crippen LogP contribution in [0.4, 0.5) is 0 Å². The van der Waals surface area contributed by atoms with Crippen LogP contribution in [-0.4, -0.2) is 24.7 Å². The van der Waals surface area contributed by atoms with Gasteiger partial charge in [0.15, 0.2) is 11.5 Å². The van der Waals surface area contributed by atoms with Crippen LogP contribution < -0.4 is 0 Å². The maximum atomic E-state index is 9.39. The Morgan fingerprint density at radius 1 is 1.47 bits per heavy atom. The van der Waals surface area contributed by atoms with Gasteiger partial charge in [0.05, 0.1) is 9.26 Å². The first-order chi connectivity index (χ1) is 7.00. The Morgan fingerprint density at radius 2 is 2.13 bits per heavy atom. The predicted octanol–water partition coefficient (Wildman–Crippen LogP) is 1.74. The number of nitrogens with zero attached hydrogens (tertiary/aromatic N) is 4. The first-order valence-electron chi connectivity index (χ1n) is 4.27. The number of rotatable bonds is 1. The lowest BCUT2D eigenvalue weighted by Gasteiger charge is -2.03. The second-order valence-corrected chi connectivity index (χ2v) is 4.58. The van der Waals surface area contributed by atoms with Gasteiger partial charge in [-0.1, -0.05) is 0 Å². The van der Waals surface area contributed by atoms with E-state index in [0.717, 1.165) is 9.26 Å². The summed E-state index contributed by atoms with van der Waals surface area (Å²) in [6, 6.07) is 0. The third-order valence-electron chi connectivity index (χ3n) is 1.94. The van der Waals surface area contributed by atoms with Crippen LogP contribution >= 0.6 is 34.2 Å². The molecule has 0 saturated heterocycles. The highest BCUT2D eigenvalue weighted by atomic mass is 127. The number of hydrogen-bond acceptors (Lipinski definition) is 4. The molecular formula is C8H8ClIN4O. The van der Waals surface area contributed by atoms with Crippen molar-refractivity contribution in [3.63, 3.8) is 0 Å². The van der Waals surface area contributed by atoms with Gasteiger partial charge < -0.3 is 5.11 Å². The highest BCUT2D eigenvalue weighted by Gasteiger charge is 2.15. The Kier molecular flexibility index (Phi) is 2.82. The molecule has 5 nitrogen and oxygen atoms in total. The SMILES string of the molecule is Cc1nn2c(Cl)nc(C(C)O)nc2c1I. The van der Waals surface area contributed by atoms with Gasteiger partial charge in [0, 0.05) is 0 Å². The van der Waals surface area contributed by atoms with E-state index in [1.165, 1.54) is 4.52 Å². The fourth-order valence-corrected chi connectivity index (χ4v) is 1.84. The topological polar surface area (TPSA) is 63.3 Å². The lowest BCUT2D eigenvalue weighted by Crippen LogP contribution is -2.05. The Morgan fingerprint density at radius 3 is 2.73 bits per heavy atom. The minimum atomic E-state index is -0.737. The molecule has 15 heavy (non-hydrogen) atoms. The van der Waals surface area contributed by atoms with Gasteiger partial charge in [-0.15, -0.1) is 0 Å². The van der Waals surface area contributed by atoms with Gasteiger partial charge in [0.25, 0.3) is 0 Å². The van der Waals surface area contributed by atoms with Crippen molar-refractivity contribution >= 4 is 39.8 Å². The molecule has 1 unspecified atom stereocenters. The fraction of sp³-hybridized carbons (Fsp3) is 0.375. The molecule has 0 aliphatic carbocycles. The molecule has 2 aromatic heterocycles. The summed E-state index contributed by atoms with van der Waals surface area (Å²) in [5.41, 5.74) is 1.47. The van der Waals surface area contributed by atoms with Crippen molar-refractivity contribution in [1.29, 1.82) is 0 Å². The summed E-state index contributed by atoms with van der Waals surface area (Å²) in [6.07, 6.45) is -0.737. The monoisotopic (exact) mass is 338 g/mol. The molecule has 0 aromatic carbocycles. The van der Waals surface area contributed by atoms with E-state index >= 15 is 0 Å². The van der Waals surface area contributed by atoms with E-state index in [0.29, 0.717) is 11.5 Å². The van der Waals surface area contributed by atoms with Crippen molar-refractivity contribution in [3.8, 4) is 0 Å². The molecule has 1 N–H and O–H groups in total. The molecule has 80 valence electrons. The molecule has 0 fully saturated rings. The number of aliphatic hydroxyl groups excluding tert-OH is 1. The molecule has 0 amide bonds. The Bertz CT molecular complexity index is 525. The third kappa shape index (κ3) is 1.81. The molecule has 0 spiro atoms. The van der Waals surface area contributed by atoms with Crippen LogP contribution in [-0.2, 0) is 0 Å². The zero-order valence-electron chi connectivity index (χ0n) is 8.07. The number of hydrogen-bond donors (Lipinski definition) is 1. The van der Waals surface area contributed by atoms with Gasteiger partial charge in [-0.25, -0.2) is 4.98 Å². The van der Waals surface area contributed by atoms with Crippen molar-refractivity contribution in [3.05, 3.63) is 20.4 Å². The Balaban J connectivity index is 2.79. The second-order valence-electron chi connectivity index (χ2n) is 3.16. The summed E-state index contributed by atoms with van der Waals surface area (Å²) in [6.45, 7) is 3.47. The van der Waals surface area contributed by atoms with Crippen LogP contribution in [0.2, 0.25) is 5.28 Å². The standard InChI is InChI=1S/C8H8ClIN4O/c1-3-5(10)7-11-6(4(2)15)12-8(9)14(7)13-3/h4,15H,1-2H3. The quantitative estimate of drug-likeness (QED) is 0.805. The Hall–Kier alpha value is -0.470. The molecule has 0 saturated carbocycles. The lowest BCUT2D eigenvalue weighted by atomic mass is 10.4. The minimum Gasteiger partial charge on any atom is -0.385 e. The van der Waals surface area contributed by atoms with E-state index < -0.39 is 6.10 Å². The molecule has 0 radical (unpaired) electrons. The molecule has 7 heteroatoms. The van der Waals surface area contributed by atoms with E-state index in [2.05, 4.69) is 37.7 Å². The maximum absolute atomic E-state index is 9.39. The molecule has 2 heterocycles. The van der Waals surface area contributed by atoms with Gasteiger partial charge >= 0.3 is 0 Å². The van der Waals surface area contributed by atoms with Crippen LogP contribution in [0, 0.1) is 10.5 Å². The predicted molar refractivity (Wildman–Crippen MR) is 63.9 cm³/mol. The van der Waals surface area contributed by atoms with Crippen molar-refractivity contribution < 1.29 is 5.11 Å². The fourth-order valence-electron chi connectivity index (χ4n) is 1.18. The molecular weight excluding hydrogens is 330 g/mol. The number of aliphatic hydroxyl groups is 1. The van der Waals surface area contributed by atoms with E-state index in [-0.39, 0.29) is 5.28 Å². The molecule has 1 atom stereocenters. The zero-order chi connectivity index (χ0) is 11.2. The van der Waals surface area contributed by atoms with Crippen molar-refractivity contribution in [1.82, 2.24) is 19.6 Å². The maximum Gasteiger partial charge on any atom is 0.227 e.